The summed E-state index contributed by atoms with van der Waals surface area (Å²) in [5, 5.41) is 0. The summed E-state index contributed by atoms with van der Waals surface area (Å²) in [6, 6.07) is 11.6. The van der Waals surface area contributed by atoms with E-state index in [0.29, 0.717) is 30.1 Å². The number of nitrogens with zero attached hydrogens (tertiary/aromatic N) is 1. The van der Waals surface area contributed by atoms with E-state index in [0.717, 1.165) is 24.2 Å². The number of carbonyl (C=O) groups is 1. The van der Waals surface area contributed by atoms with Crippen molar-refractivity contribution in [3.63, 3.8) is 0 Å². The zero-order valence-electron chi connectivity index (χ0n) is 17.6. The molecule has 1 saturated heterocycles. The number of sulfonamides is 1. The van der Waals surface area contributed by atoms with Crippen LogP contribution in [-0.4, -0.2) is 44.7 Å². The summed E-state index contributed by atoms with van der Waals surface area (Å²) in [4.78, 5) is 15.7. The second-order valence-electron chi connectivity index (χ2n) is 7.48. The first-order valence-electron chi connectivity index (χ1n) is 10.1. The Bertz CT molecular complexity index is 1000. The number of para-hydroxylation sites is 2. The van der Waals surface area contributed by atoms with Crippen LogP contribution in [0.3, 0.4) is 0 Å². The standard InChI is InChI=1S/C22H28N2O4S2/c1-16(2)28-20-10-6-5-9-19(20)23-30(26,27)17-11-12-21(29-3)18(15-17)22(25)24-13-7-4-8-14-24/h5-6,9-12,15-16,23H,4,7-8,13-14H2,1-3H3. The van der Waals surface area contributed by atoms with Crippen LogP contribution in [-0.2, 0) is 10.0 Å². The van der Waals surface area contributed by atoms with Crippen LogP contribution < -0.4 is 9.46 Å². The molecule has 0 radical (unpaired) electrons. The molecule has 30 heavy (non-hydrogen) atoms. The maximum atomic E-state index is 13.1. The molecule has 1 fully saturated rings. The van der Waals surface area contributed by atoms with E-state index < -0.39 is 10.0 Å². The second-order valence-corrected chi connectivity index (χ2v) is 10.0. The summed E-state index contributed by atoms with van der Waals surface area (Å²) >= 11 is 1.44. The SMILES string of the molecule is CSc1ccc(S(=O)(=O)Nc2ccccc2OC(C)C)cc1C(=O)N1CCCCC1. The fourth-order valence-electron chi connectivity index (χ4n) is 3.40. The summed E-state index contributed by atoms with van der Waals surface area (Å²) < 4.78 is 34.5. The van der Waals surface area contributed by atoms with E-state index in [4.69, 9.17) is 4.74 Å². The Labute approximate surface area is 183 Å². The highest BCUT2D eigenvalue weighted by molar-refractivity contribution is 7.98. The fraction of sp³-hybridized carbons (Fsp3) is 0.409. The Balaban J connectivity index is 1.92. The van der Waals surface area contributed by atoms with Gasteiger partial charge in [-0.05, 0) is 69.7 Å². The highest BCUT2D eigenvalue weighted by atomic mass is 32.2. The molecule has 0 saturated carbocycles. The molecule has 3 rings (SSSR count). The molecular formula is C22H28N2O4S2. The van der Waals surface area contributed by atoms with E-state index in [9.17, 15) is 13.2 Å². The number of carbonyl (C=O) groups excluding carboxylic acids is 1. The number of ether oxygens (including phenoxy) is 1. The molecule has 0 spiro atoms. The van der Waals surface area contributed by atoms with Crippen LogP contribution in [0.15, 0.2) is 52.3 Å². The van der Waals surface area contributed by atoms with Gasteiger partial charge in [0.1, 0.15) is 5.75 Å². The molecule has 0 aliphatic carbocycles. The van der Waals surface area contributed by atoms with Crippen LogP contribution >= 0.6 is 11.8 Å². The van der Waals surface area contributed by atoms with Crippen molar-refractivity contribution in [2.45, 2.75) is 49.0 Å². The average molecular weight is 449 g/mol. The van der Waals surface area contributed by atoms with E-state index in [1.807, 2.05) is 25.0 Å². The smallest absolute Gasteiger partial charge is 0.262 e. The van der Waals surface area contributed by atoms with Crippen LogP contribution in [0.25, 0.3) is 0 Å². The van der Waals surface area contributed by atoms with Crippen LogP contribution in [0.4, 0.5) is 5.69 Å². The van der Waals surface area contributed by atoms with Gasteiger partial charge in [0.25, 0.3) is 15.9 Å². The largest absolute Gasteiger partial charge is 0.489 e. The van der Waals surface area contributed by atoms with E-state index in [2.05, 4.69) is 4.72 Å². The lowest BCUT2D eigenvalue weighted by atomic mass is 10.1. The monoisotopic (exact) mass is 448 g/mol. The first-order valence-corrected chi connectivity index (χ1v) is 12.8. The minimum atomic E-state index is -3.89. The summed E-state index contributed by atoms with van der Waals surface area (Å²) in [5.74, 6) is 0.348. The molecule has 0 unspecified atom stereocenters. The van der Waals surface area contributed by atoms with Gasteiger partial charge in [-0.2, -0.15) is 0 Å². The van der Waals surface area contributed by atoms with Crippen molar-refractivity contribution in [2.24, 2.45) is 0 Å². The molecule has 1 amide bonds. The third kappa shape index (κ3) is 5.29. The summed E-state index contributed by atoms with van der Waals surface area (Å²) in [5.41, 5.74) is 0.794. The maximum absolute atomic E-state index is 13.1. The van der Waals surface area contributed by atoms with Crippen LogP contribution in [0.2, 0.25) is 0 Å². The molecule has 2 aromatic carbocycles. The third-order valence-corrected chi connectivity index (χ3v) is 7.01. The minimum Gasteiger partial charge on any atom is -0.489 e. The summed E-state index contributed by atoms with van der Waals surface area (Å²) in [6.45, 7) is 5.18. The number of thioether (sulfide) groups is 1. The molecule has 162 valence electrons. The topological polar surface area (TPSA) is 75.7 Å². The van der Waals surface area contributed by atoms with Crippen LogP contribution in [0, 0.1) is 0 Å². The van der Waals surface area contributed by atoms with Crippen molar-refractivity contribution in [3.8, 4) is 5.75 Å². The second kappa shape index (κ2) is 9.75. The predicted octanol–water partition coefficient (Wildman–Crippen LogP) is 4.62. The number of nitrogens with one attached hydrogen (secondary N) is 1. The van der Waals surface area contributed by atoms with Crippen LogP contribution in [0.5, 0.6) is 5.75 Å². The number of anilines is 1. The van der Waals surface area contributed by atoms with Crippen LogP contribution in [0.1, 0.15) is 43.5 Å². The Morgan fingerprint density at radius 1 is 1.10 bits per heavy atom. The van der Waals surface area contributed by atoms with Crippen molar-refractivity contribution in [1.82, 2.24) is 4.90 Å². The normalized spacial score (nSPS) is 14.6. The minimum absolute atomic E-state index is 0.0556. The molecule has 1 N–H and O–H groups in total. The predicted molar refractivity (Wildman–Crippen MR) is 121 cm³/mol. The first-order chi connectivity index (χ1) is 14.3. The Kier molecular flexibility index (Phi) is 7.31. The van der Waals surface area contributed by atoms with Gasteiger partial charge < -0.3 is 9.64 Å². The van der Waals surface area contributed by atoms with E-state index in [1.165, 1.54) is 23.9 Å². The third-order valence-electron chi connectivity index (χ3n) is 4.85. The number of rotatable bonds is 7. The molecule has 1 aliphatic rings. The molecule has 0 atom stereocenters. The Morgan fingerprint density at radius 2 is 1.80 bits per heavy atom. The van der Waals surface area contributed by atoms with Gasteiger partial charge in [-0.15, -0.1) is 11.8 Å². The van der Waals surface area contributed by atoms with E-state index in [1.54, 1.807) is 30.3 Å². The average Bonchev–Trinajstić information content (AvgIpc) is 2.74. The Hall–Kier alpha value is -2.19. The molecule has 0 bridgehead atoms. The van der Waals surface area contributed by atoms with Crippen molar-refractivity contribution < 1.29 is 17.9 Å². The molecule has 8 heteroatoms. The maximum Gasteiger partial charge on any atom is 0.262 e. The van der Waals surface area contributed by atoms with Gasteiger partial charge in [0.15, 0.2) is 0 Å². The van der Waals surface area contributed by atoms with Gasteiger partial charge in [0.05, 0.1) is 22.3 Å². The lowest BCUT2D eigenvalue weighted by molar-refractivity contribution is 0.0720. The molecule has 1 aliphatic heterocycles. The highest BCUT2D eigenvalue weighted by Gasteiger charge is 2.24. The number of amides is 1. The highest BCUT2D eigenvalue weighted by Crippen LogP contribution is 2.30. The van der Waals surface area contributed by atoms with Gasteiger partial charge in [-0.3, -0.25) is 9.52 Å². The quantitative estimate of drug-likeness (QED) is 0.626. The summed E-state index contributed by atoms with van der Waals surface area (Å²) in [7, 11) is -3.89. The molecular weight excluding hydrogens is 420 g/mol. The lowest BCUT2D eigenvalue weighted by Crippen LogP contribution is -2.36. The number of piperidine rings is 1. The van der Waals surface area contributed by atoms with Crippen molar-refractivity contribution in [3.05, 3.63) is 48.0 Å². The molecule has 0 aromatic heterocycles. The van der Waals surface area contributed by atoms with Crippen molar-refractivity contribution in [1.29, 1.82) is 0 Å². The van der Waals surface area contributed by atoms with Gasteiger partial charge in [-0.1, -0.05) is 12.1 Å². The van der Waals surface area contributed by atoms with Crippen molar-refractivity contribution >= 4 is 33.4 Å². The number of hydrogen-bond donors (Lipinski definition) is 1. The zero-order chi connectivity index (χ0) is 21.7. The Morgan fingerprint density at radius 3 is 2.47 bits per heavy atom. The molecule has 6 nitrogen and oxygen atoms in total. The molecule has 2 aromatic rings. The fourth-order valence-corrected chi connectivity index (χ4v) is 5.07. The van der Waals surface area contributed by atoms with E-state index in [-0.39, 0.29) is 16.9 Å². The summed E-state index contributed by atoms with van der Waals surface area (Å²) in [6.07, 6.45) is 4.87. The van der Waals surface area contributed by atoms with Gasteiger partial charge >= 0.3 is 0 Å². The number of likely N-dealkylation sites (tertiary alicyclic amines) is 1. The zero-order valence-corrected chi connectivity index (χ0v) is 19.2. The van der Waals surface area contributed by atoms with Gasteiger partial charge in [0, 0.05) is 18.0 Å². The van der Waals surface area contributed by atoms with Gasteiger partial charge in [0.2, 0.25) is 0 Å². The van der Waals surface area contributed by atoms with Crippen molar-refractivity contribution in [2.75, 3.05) is 24.1 Å². The first kappa shape index (κ1) is 22.5. The molecule has 1 heterocycles. The number of benzene rings is 2. The lowest BCUT2D eigenvalue weighted by Gasteiger charge is -2.27. The van der Waals surface area contributed by atoms with E-state index >= 15 is 0 Å². The number of hydrogen-bond acceptors (Lipinski definition) is 5. The van der Waals surface area contributed by atoms with Gasteiger partial charge in [-0.25, -0.2) is 8.42 Å².